The molecule has 0 bridgehead atoms. The predicted molar refractivity (Wildman–Crippen MR) is 78.5 cm³/mol. The van der Waals surface area contributed by atoms with Crippen LogP contribution in [0, 0.1) is 29.6 Å². The molecule has 1 saturated carbocycles. The molecule has 142 valence electrons. The predicted octanol–water partition coefficient (Wildman–Crippen LogP) is -1.26. The Morgan fingerprint density at radius 2 is 0.920 bits per heavy atom. The van der Waals surface area contributed by atoms with Crippen molar-refractivity contribution in [2.45, 2.75) is 6.29 Å². The minimum atomic E-state index is -1.64. The number of rotatable bonds is 6. The summed E-state index contributed by atoms with van der Waals surface area (Å²) in [5.41, 5.74) is 0. The molecule has 1 N–H and O–H groups in total. The molecule has 0 aromatic heterocycles. The first-order valence-corrected chi connectivity index (χ1v) is 7.32. The Labute approximate surface area is 144 Å². The molecular formula is C15H22O10. The molecule has 6 atom stereocenters. The molecule has 0 spiro atoms. The van der Waals surface area contributed by atoms with Crippen molar-refractivity contribution in [2.24, 2.45) is 29.6 Å². The van der Waals surface area contributed by atoms with E-state index in [2.05, 4.69) is 18.9 Å². The fourth-order valence-corrected chi connectivity index (χ4v) is 3.40. The Morgan fingerprint density at radius 1 is 0.640 bits per heavy atom. The maximum atomic E-state index is 12.3. The normalized spacial score (nSPS) is 27.3. The van der Waals surface area contributed by atoms with Crippen LogP contribution in [-0.2, 0) is 42.9 Å². The molecule has 10 nitrogen and oxygen atoms in total. The van der Waals surface area contributed by atoms with Crippen molar-refractivity contribution in [2.75, 3.05) is 35.5 Å². The van der Waals surface area contributed by atoms with E-state index < -0.39 is 59.8 Å². The molecular weight excluding hydrogens is 340 g/mol. The van der Waals surface area contributed by atoms with Crippen LogP contribution in [0.5, 0.6) is 0 Å². The second-order valence-electron chi connectivity index (χ2n) is 5.40. The largest absolute Gasteiger partial charge is 0.469 e. The van der Waals surface area contributed by atoms with E-state index in [1.807, 2.05) is 0 Å². The van der Waals surface area contributed by atoms with Gasteiger partial charge in [-0.2, -0.15) is 0 Å². The van der Waals surface area contributed by atoms with Crippen LogP contribution < -0.4 is 0 Å². The first-order chi connectivity index (χ1) is 11.8. The Balaban J connectivity index is 3.62. The minimum Gasteiger partial charge on any atom is -0.469 e. The van der Waals surface area contributed by atoms with Crippen LogP contribution in [0.15, 0.2) is 0 Å². The summed E-state index contributed by atoms with van der Waals surface area (Å²) >= 11 is 0. The average Bonchev–Trinajstić information content (AvgIpc) is 3.00. The summed E-state index contributed by atoms with van der Waals surface area (Å²) in [5.74, 6) is -10.5. The van der Waals surface area contributed by atoms with Gasteiger partial charge in [-0.1, -0.05) is 0 Å². The van der Waals surface area contributed by atoms with Gasteiger partial charge >= 0.3 is 23.9 Å². The van der Waals surface area contributed by atoms with E-state index >= 15 is 0 Å². The molecule has 0 amide bonds. The molecule has 1 aliphatic rings. The van der Waals surface area contributed by atoms with Crippen molar-refractivity contribution >= 4 is 23.9 Å². The van der Waals surface area contributed by atoms with E-state index in [1.54, 1.807) is 0 Å². The van der Waals surface area contributed by atoms with Gasteiger partial charge in [-0.3, -0.25) is 19.2 Å². The summed E-state index contributed by atoms with van der Waals surface area (Å²) in [4.78, 5) is 49.1. The van der Waals surface area contributed by atoms with Gasteiger partial charge in [0, 0.05) is 13.0 Å². The molecule has 0 aromatic rings. The van der Waals surface area contributed by atoms with Crippen LogP contribution in [0.25, 0.3) is 0 Å². The van der Waals surface area contributed by atoms with E-state index in [1.165, 1.54) is 0 Å². The van der Waals surface area contributed by atoms with Gasteiger partial charge in [0.2, 0.25) is 0 Å². The molecule has 0 aromatic carbocycles. The topological polar surface area (TPSA) is 135 Å². The molecule has 1 fully saturated rings. The Bertz CT molecular complexity index is 488. The van der Waals surface area contributed by atoms with Gasteiger partial charge in [0.25, 0.3) is 0 Å². The van der Waals surface area contributed by atoms with Crippen LogP contribution in [-0.4, -0.2) is 70.8 Å². The third kappa shape index (κ3) is 3.74. The number of esters is 4. The van der Waals surface area contributed by atoms with Crippen molar-refractivity contribution in [1.29, 1.82) is 0 Å². The Morgan fingerprint density at radius 3 is 1.16 bits per heavy atom. The number of aliphatic hydroxyl groups excluding tert-OH is 1. The third-order valence-corrected chi connectivity index (χ3v) is 4.45. The highest BCUT2D eigenvalue weighted by atomic mass is 16.6. The summed E-state index contributed by atoms with van der Waals surface area (Å²) in [6.45, 7) is 0. The highest BCUT2D eigenvalue weighted by Gasteiger charge is 2.65. The Hall–Kier alpha value is -2.20. The number of methoxy groups -OCH3 is 5. The van der Waals surface area contributed by atoms with Crippen molar-refractivity contribution in [3.05, 3.63) is 0 Å². The fraction of sp³-hybridized carbons (Fsp3) is 0.733. The van der Waals surface area contributed by atoms with Gasteiger partial charge in [-0.15, -0.1) is 0 Å². The van der Waals surface area contributed by atoms with Gasteiger partial charge in [0.15, 0.2) is 6.29 Å². The summed E-state index contributed by atoms with van der Waals surface area (Å²) in [7, 11) is 5.43. The fourth-order valence-electron chi connectivity index (χ4n) is 3.40. The minimum absolute atomic E-state index is 0.906. The van der Waals surface area contributed by atoms with Gasteiger partial charge in [-0.25, -0.2) is 0 Å². The average molecular weight is 362 g/mol. The van der Waals surface area contributed by atoms with E-state index in [4.69, 9.17) is 4.74 Å². The highest BCUT2D eigenvalue weighted by Crippen LogP contribution is 2.50. The molecule has 0 heterocycles. The lowest BCUT2D eigenvalue weighted by Crippen LogP contribution is -2.40. The van der Waals surface area contributed by atoms with E-state index in [0.29, 0.717) is 0 Å². The van der Waals surface area contributed by atoms with Crippen LogP contribution in [0.1, 0.15) is 0 Å². The zero-order chi connectivity index (χ0) is 19.3. The summed E-state index contributed by atoms with van der Waals surface area (Å²) in [6, 6.07) is 0. The lowest BCUT2D eigenvalue weighted by Gasteiger charge is -2.26. The van der Waals surface area contributed by atoms with Gasteiger partial charge in [0.05, 0.1) is 52.1 Å². The number of carbonyl (C=O) groups is 4. The smallest absolute Gasteiger partial charge is 0.310 e. The monoisotopic (exact) mass is 362 g/mol. The summed E-state index contributed by atoms with van der Waals surface area (Å²) in [5, 5.41) is 10.2. The number of ether oxygens (including phenoxy) is 5. The standard InChI is InChI=1S/C15H22O10/c1-21-11(16)6-7(12(17)22-2)9(14(19)24-4)10(15(20)25-5)8(6)13(18)23-3/h6-11,16H,1-5H3/t6?,7-,8-,9-,10+,11+/m1/s1. The quantitative estimate of drug-likeness (QED) is 0.346. The highest BCUT2D eigenvalue weighted by molar-refractivity contribution is 5.93. The molecule has 1 rings (SSSR count). The van der Waals surface area contributed by atoms with E-state index in [-0.39, 0.29) is 0 Å². The van der Waals surface area contributed by atoms with Crippen molar-refractivity contribution in [1.82, 2.24) is 0 Å². The lowest BCUT2D eigenvalue weighted by atomic mass is 9.86. The maximum Gasteiger partial charge on any atom is 0.310 e. The van der Waals surface area contributed by atoms with Gasteiger partial charge in [0.1, 0.15) is 0 Å². The van der Waals surface area contributed by atoms with Crippen molar-refractivity contribution in [3.63, 3.8) is 0 Å². The second kappa shape index (κ2) is 8.77. The van der Waals surface area contributed by atoms with E-state index in [0.717, 1.165) is 35.5 Å². The molecule has 1 unspecified atom stereocenters. The molecule has 0 radical (unpaired) electrons. The third-order valence-electron chi connectivity index (χ3n) is 4.45. The number of hydrogen-bond donors (Lipinski definition) is 1. The number of hydrogen-bond acceptors (Lipinski definition) is 10. The summed E-state index contributed by atoms with van der Waals surface area (Å²) < 4.78 is 23.6. The molecule has 0 aliphatic heterocycles. The lowest BCUT2D eigenvalue weighted by molar-refractivity contribution is -0.175. The zero-order valence-corrected chi connectivity index (χ0v) is 14.6. The Kier molecular flexibility index (Phi) is 7.31. The summed E-state index contributed by atoms with van der Waals surface area (Å²) in [6.07, 6.45) is -1.64. The molecule has 0 saturated heterocycles. The van der Waals surface area contributed by atoms with Crippen molar-refractivity contribution < 1.29 is 48.0 Å². The van der Waals surface area contributed by atoms with Crippen LogP contribution in [0.3, 0.4) is 0 Å². The zero-order valence-electron chi connectivity index (χ0n) is 14.6. The van der Waals surface area contributed by atoms with Crippen LogP contribution >= 0.6 is 0 Å². The van der Waals surface area contributed by atoms with Gasteiger partial charge in [-0.05, 0) is 0 Å². The SMILES string of the molecule is COC(=O)[C@@H]1[C@H](C(=O)OC)[C@H](C(=O)OC)C([C@@H](O)OC)[C@H]1C(=O)OC. The van der Waals surface area contributed by atoms with Crippen molar-refractivity contribution in [3.8, 4) is 0 Å². The number of carbonyl (C=O) groups excluding carboxylic acids is 4. The molecule has 1 aliphatic carbocycles. The molecule has 25 heavy (non-hydrogen) atoms. The van der Waals surface area contributed by atoms with Gasteiger partial charge < -0.3 is 28.8 Å². The van der Waals surface area contributed by atoms with Crippen LogP contribution in [0.2, 0.25) is 0 Å². The van der Waals surface area contributed by atoms with Crippen LogP contribution in [0.4, 0.5) is 0 Å². The first-order valence-electron chi connectivity index (χ1n) is 7.32. The van der Waals surface area contributed by atoms with E-state index in [9.17, 15) is 24.3 Å². The number of aliphatic hydroxyl groups is 1. The molecule has 10 heteroatoms. The second-order valence-corrected chi connectivity index (χ2v) is 5.40. The first kappa shape index (κ1) is 20.8. The maximum absolute atomic E-state index is 12.3.